The quantitative estimate of drug-likeness (QED) is 0.599. The van der Waals surface area contributed by atoms with Gasteiger partial charge in [-0.15, -0.1) is 0 Å². The number of rotatable bonds is 8. The average molecular weight is 194 g/mol. The molecule has 0 aromatic carbocycles. The van der Waals surface area contributed by atoms with Crippen LogP contribution >= 0.6 is 23.5 Å². The van der Waals surface area contributed by atoms with Crippen molar-refractivity contribution in [3.63, 3.8) is 0 Å². The van der Waals surface area contributed by atoms with Crippen molar-refractivity contribution in [1.82, 2.24) is 0 Å². The molecule has 0 aliphatic carbocycles. The zero-order valence-electron chi connectivity index (χ0n) is 7.21. The molecular weight excluding hydrogens is 176 g/mol. The van der Waals surface area contributed by atoms with Crippen LogP contribution < -0.4 is 0 Å². The number of aliphatic hydroxyl groups is 1. The maximum atomic E-state index is 8.49. The average Bonchev–Trinajstić information content (AvgIpc) is 2.03. The van der Waals surface area contributed by atoms with Gasteiger partial charge < -0.3 is 5.11 Å². The van der Waals surface area contributed by atoms with Crippen molar-refractivity contribution >= 4 is 23.5 Å². The van der Waals surface area contributed by atoms with E-state index in [9.17, 15) is 0 Å². The Labute approximate surface area is 78.3 Å². The molecule has 11 heavy (non-hydrogen) atoms. The number of hydrogen-bond acceptors (Lipinski definition) is 3. The third kappa shape index (κ3) is 10.7. The molecule has 0 atom stereocenters. The molecule has 1 N–H and O–H groups in total. The third-order valence-corrected chi connectivity index (χ3v) is 3.37. The van der Waals surface area contributed by atoms with Gasteiger partial charge in [0.25, 0.3) is 0 Å². The van der Waals surface area contributed by atoms with E-state index >= 15 is 0 Å². The molecule has 0 radical (unpaired) electrons. The van der Waals surface area contributed by atoms with Gasteiger partial charge in [0.2, 0.25) is 0 Å². The summed E-state index contributed by atoms with van der Waals surface area (Å²) < 4.78 is 0. The molecule has 0 heterocycles. The Morgan fingerprint density at radius 2 is 1.64 bits per heavy atom. The minimum absolute atomic E-state index is 0.344. The highest BCUT2D eigenvalue weighted by molar-refractivity contribution is 8.00. The molecule has 0 aliphatic rings. The fraction of sp³-hybridized carbons (Fsp3) is 1.00. The maximum Gasteiger partial charge on any atom is 0.0438 e. The van der Waals surface area contributed by atoms with Crippen LogP contribution in [0.15, 0.2) is 0 Å². The van der Waals surface area contributed by atoms with Crippen molar-refractivity contribution in [1.29, 1.82) is 0 Å². The smallest absolute Gasteiger partial charge is 0.0438 e. The Morgan fingerprint density at radius 1 is 1.00 bits per heavy atom. The molecule has 3 heteroatoms. The largest absolute Gasteiger partial charge is 0.396 e. The minimum Gasteiger partial charge on any atom is -0.396 e. The van der Waals surface area contributed by atoms with Gasteiger partial charge in [-0.05, 0) is 35.9 Å². The van der Waals surface area contributed by atoms with Crippen LogP contribution in [-0.4, -0.2) is 34.7 Å². The highest BCUT2D eigenvalue weighted by Crippen LogP contribution is 2.08. The van der Waals surface area contributed by atoms with Crippen LogP contribution in [0.5, 0.6) is 0 Å². The van der Waals surface area contributed by atoms with E-state index in [1.54, 1.807) is 0 Å². The Kier molecular flexibility index (Phi) is 11.3. The molecule has 0 aromatic rings. The van der Waals surface area contributed by atoms with Crippen LogP contribution in [0.3, 0.4) is 0 Å². The normalized spacial score (nSPS) is 10.4. The zero-order valence-corrected chi connectivity index (χ0v) is 8.85. The van der Waals surface area contributed by atoms with Gasteiger partial charge >= 0.3 is 0 Å². The first kappa shape index (κ1) is 11.7. The van der Waals surface area contributed by atoms with Gasteiger partial charge in [0.05, 0.1) is 0 Å². The fourth-order valence-electron chi connectivity index (χ4n) is 0.676. The summed E-state index contributed by atoms with van der Waals surface area (Å²) in [4.78, 5) is 0. The minimum atomic E-state index is 0.344. The molecule has 0 aromatic heterocycles. The zero-order chi connectivity index (χ0) is 8.36. The van der Waals surface area contributed by atoms with Crippen molar-refractivity contribution in [2.75, 3.05) is 29.6 Å². The lowest BCUT2D eigenvalue weighted by molar-refractivity contribution is 0.296. The highest BCUT2D eigenvalue weighted by atomic mass is 32.2. The second-order valence-electron chi connectivity index (χ2n) is 2.24. The summed E-state index contributed by atoms with van der Waals surface area (Å²) in [5.74, 6) is 4.91. The molecule has 0 fully saturated rings. The van der Waals surface area contributed by atoms with Crippen molar-refractivity contribution in [2.45, 2.75) is 19.8 Å². The SMILES string of the molecule is CCSCCCSCCCO. The first-order valence-electron chi connectivity index (χ1n) is 4.18. The molecular formula is C8H18OS2. The van der Waals surface area contributed by atoms with Gasteiger partial charge in [0.1, 0.15) is 0 Å². The van der Waals surface area contributed by atoms with E-state index < -0.39 is 0 Å². The monoisotopic (exact) mass is 194 g/mol. The molecule has 0 unspecified atom stereocenters. The van der Waals surface area contributed by atoms with Crippen LogP contribution in [-0.2, 0) is 0 Å². The van der Waals surface area contributed by atoms with E-state index in [0.717, 1.165) is 12.2 Å². The molecule has 1 nitrogen and oxygen atoms in total. The molecule has 0 bridgehead atoms. The Morgan fingerprint density at radius 3 is 2.27 bits per heavy atom. The van der Waals surface area contributed by atoms with Gasteiger partial charge in [0, 0.05) is 6.61 Å². The van der Waals surface area contributed by atoms with E-state index in [-0.39, 0.29) is 0 Å². The van der Waals surface area contributed by atoms with Gasteiger partial charge in [-0.25, -0.2) is 0 Å². The van der Waals surface area contributed by atoms with Crippen LogP contribution in [0, 0.1) is 0 Å². The van der Waals surface area contributed by atoms with Crippen molar-refractivity contribution in [2.24, 2.45) is 0 Å². The lowest BCUT2D eigenvalue weighted by Gasteiger charge is -1.99. The van der Waals surface area contributed by atoms with Crippen LogP contribution in [0.25, 0.3) is 0 Å². The van der Waals surface area contributed by atoms with Crippen molar-refractivity contribution in [3.05, 3.63) is 0 Å². The summed E-state index contributed by atoms with van der Waals surface area (Å²) in [6.07, 6.45) is 2.26. The Balaban J connectivity index is 2.69. The van der Waals surface area contributed by atoms with E-state index in [0.29, 0.717) is 6.61 Å². The standard InChI is InChI=1S/C8H18OS2/c1-2-10-7-4-8-11-6-3-5-9/h9H,2-8H2,1H3. The van der Waals surface area contributed by atoms with Crippen LogP contribution in [0.2, 0.25) is 0 Å². The first-order valence-corrected chi connectivity index (χ1v) is 6.49. The third-order valence-electron chi connectivity index (χ3n) is 1.23. The number of thioether (sulfide) groups is 2. The van der Waals surface area contributed by atoms with Crippen molar-refractivity contribution < 1.29 is 5.11 Å². The molecule has 0 aliphatic heterocycles. The summed E-state index contributed by atoms with van der Waals surface area (Å²) in [6, 6.07) is 0. The molecule has 0 saturated heterocycles. The van der Waals surface area contributed by atoms with Crippen LogP contribution in [0.4, 0.5) is 0 Å². The lowest BCUT2D eigenvalue weighted by Crippen LogP contribution is -1.89. The topological polar surface area (TPSA) is 20.2 Å². The molecule has 0 saturated carbocycles. The fourth-order valence-corrected chi connectivity index (χ4v) is 2.38. The maximum absolute atomic E-state index is 8.49. The second-order valence-corrected chi connectivity index (χ2v) is 4.86. The van der Waals surface area contributed by atoms with E-state index in [1.165, 1.54) is 23.7 Å². The van der Waals surface area contributed by atoms with E-state index in [1.807, 2.05) is 23.5 Å². The van der Waals surface area contributed by atoms with Gasteiger partial charge in [-0.1, -0.05) is 6.92 Å². The summed E-state index contributed by atoms with van der Waals surface area (Å²) in [6.45, 7) is 2.54. The van der Waals surface area contributed by atoms with E-state index in [2.05, 4.69) is 6.92 Å². The second kappa shape index (κ2) is 10.7. The van der Waals surface area contributed by atoms with Crippen LogP contribution in [0.1, 0.15) is 19.8 Å². The molecule has 0 spiro atoms. The van der Waals surface area contributed by atoms with Gasteiger partial charge in [-0.2, -0.15) is 23.5 Å². The number of aliphatic hydroxyl groups excluding tert-OH is 1. The lowest BCUT2D eigenvalue weighted by atomic mass is 10.5. The summed E-state index contributed by atoms with van der Waals surface area (Å²) in [7, 11) is 0. The predicted molar refractivity (Wildman–Crippen MR) is 56.6 cm³/mol. The Hall–Kier alpha value is 0.660. The molecule has 68 valence electrons. The van der Waals surface area contributed by atoms with Gasteiger partial charge in [0.15, 0.2) is 0 Å². The summed E-state index contributed by atoms with van der Waals surface area (Å²) in [5.41, 5.74) is 0. The predicted octanol–water partition coefficient (Wildman–Crippen LogP) is 2.25. The van der Waals surface area contributed by atoms with Gasteiger partial charge in [-0.3, -0.25) is 0 Å². The van der Waals surface area contributed by atoms with E-state index in [4.69, 9.17) is 5.11 Å². The number of hydrogen-bond donors (Lipinski definition) is 1. The van der Waals surface area contributed by atoms with Crippen molar-refractivity contribution in [3.8, 4) is 0 Å². The molecule has 0 rings (SSSR count). The Bertz CT molecular complexity index is 61.1. The summed E-state index contributed by atoms with van der Waals surface area (Å²) in [5, 5.41) is 8.49. The summed E-state index contributed by atoms with van der Waals surface area (Å²) >= 11 is 3.96. The molecule has 0 amide bonds. The highest BCUT2D eigenvalue weighted by Gasteiger charge is 1.89. The first-order chi connectivity index (χ1) is 5.41.